The molecule has 0 bridgehead atoms. The molecule has 2 amide bonds. The first-order chi connectivity index (χ1) is 19.7. The van der Waals surface area contributed by atoms with Gasteiger partial charge in [0.2, 0.25) is 5.91 Å². The highest BCUT2D eigenvalue weighted by atomic mass is 32.5. The van der Waals surface area contributed by atoms with Crippen LogP contribution in [0, 0.1) is 11.5 Å². The Hall–Kier alpha value is -3.52. The van der Waals surface area contributed by atoms with Crippen molar-refractivity contribution < 1.29 is 33.8 Å². The van der Waals surface area contributed by atoms with E-state index in [9.17, 15) is 34.3 Å². The fraction of sp³-hybridized carbons (Fsp3) is 0.462. The third kappa shape index (κ3) is 7.46. The number of anilines is 1. The molecule has 2 fully saturated rings. The molecule has 10 nitrogen and oxygen atoms in total. The van der Waals surface area contributed by atoms with Crippen molar-refractivity contribution in [2.24, 2.45) is 0 Å². The van der Waals surface area contributed by atoms with Crippen LogP contribution in [0.5, 0.6) is 0 Å². The molecule has 3 atom stereocenters. The van der Waals surface area contributed by atoms with Crippen molar-refractivity contribution in [3.8, 4) is 6.19 Å². The number of aromatic nitrogens is 1. The zero-order chi connectivity index (χ0) is 30.6. The number of pyridine rings is 1. The number of hydrogen-bond donors (Lipinski definition) is 2. The number of methoxy groups -OCH3 is 1. The fourth-order valence-electron chi connectivity index (χ4n) is 5.06. The Bertz CT molecular complexity index is 1310. The van der Waals surface area contributed by atoms with E-state index < -0.39 is 45.1 Å². The van der Waals surface area contributed by atoms with Crippen molar-refractivity contribution in [2.75, 3.05) is 57.8 Å². The lowest BCUT2D eigenvalue weighted by atomic mass is 10.0. The predicted molar refractivity (Wildman–Crippen MR) is 146 cm³/mol. The smallest absolute Gasteiger partial charge is 0.310 e. The summed E-state index contributed by atoms with van der Waals surface area (Å²) in [4.78, 5) is 34.0. The van der Waals surface area contributed by atoms with E-state index >= 15 is 0 Å². The summed E-state index contributed by atoms with van der Waals surface area (Å²) in [5.74, 6) is -1.45. The van der Waals surface area contributed by atoms with Crippen LogP contribution in [0.1, 0.15) is 18.0 Å². The van der Waals surface area contributed by atoms with Gasteiger partial charge in [-0.3, -0.25) is 29.3 Å². The quantitative estimate of drug-likeness (QED) is 0.308. The second-order valence-corrected chi connectivity index (χ2v) is 12.5. The van der Waals surface area contributed by atoms with E-state index in [-0.39, 0.29) is 42.9 Å². The van der Waals surface area contributed by atoms with Crippen molar-refractivity contribution in [2.45, 2.75) is 29.5 Å². The molecule has 0 aliphatic carbocycles. The average molecular weight is 618 g/mol. The standard InChI is InChI=1S/C26H32F5N7O3S/c1-41-21-15-23(37(17-21)18-32)26(40)38(20-4-6-22(7-5-20)42(27,28,29,30)31)24(19-3-2-8-34-16-19)25(39)35-11-14-36-12-9-33-10-13-36/h2-8,16,21,23-24,33H,9-15,17H2,1H3,(H,35,39). The number of piperazine rings is 1. The molecule has 3 unspecified atom stereocenters. The van der Waals surface area contributed by atoms with E-state index in [0.717, 1.165) is 48.1 Å². The summed E-state index contributed by atoms with van der Waals surface area (Å²) in [5, 5.41) is 15.7. The van der Waals surface area contributed by atoms with Gasteiger partial charge in [-0.15, -0.1) is 0 Å². The molecule has 2 N–H and O–H groups in total. The Kier molecular flexibility index (Phi) is 8.70. The summed E-state index contributed by atoms with van der Waals surface area (Å²) in [6.45, 7) is 3.94. The third-order valence-electron chi connectivity index (χ3n) is 7.25. The average Bonchev–Trinajstić information content (AvgIpc) is 3.39. The highest BCUT2D eigenvalue weighted by molar-refractivity contribution is 8.45. The van der Waals surface area contributed by atoms with Gasteiger partial charge in [0, 0.05) is 76.4 Å². The van der Waals surface area contributed by atoms with Gasteiger partial charge in [-0.25, -0.2) is 0 Å². The predicted octanol–water partition coefficient (Wildman–Crippen LogP) is 3.41. The van der Waals surface area contributed by atoms with Gasteiger partial charge >= 0.3 is 10.2 Å². The van der Waals surface area contributed by atoms with Gasteiger partial charge in [-0.1, -0.05) is 25.5 Å². The highest BCUT2D eigenvalue weighted by Gasteiger charge is 2.65. The number of halogens is 5. The summed E-state index contributed by atoms with van der Waals surface area (Å²) in [7, 11) is -8.60. The van der Waals surface area contributed by atoms with E-state index in [2.05, 4.69) is 20.5 Å². The van der Waals surface area contributed by atoms with Gasteiger partial charge in [-0.2, -0.15) is 5.26 Å². The van der Waals surface area contributed by atoms with Crippen LogP contribution in [-0.2, 0) is 14.3 Å². The van der Waals surface area contributed by atoms with Gasteiger partial charge in [0.05, 0.1) is 12.6 Å². The molecule has 16 heteroatoms. The molecule has 2 saturated heterocycles. The molecule has 230 valence electrons. The third-order valence-corrected chi connectivity index (χ3v) is 8.41. The summed E-state index contributed by atoms with van der Waals surface area (Å²) < 4.78 is 72.8. The van der Waals surface area contributed by atoms with Crippen molar-refractivity contribution in [1.29, 1.82) is 5.26 Å². The molecule has 1 aromatic heterocycles. The SMILES string of the molecule is COC1CC(C(=O)N(c2ccc(S(F)(F)(F)(F)F)cc2)C(C(=O)NCCN2CCNCC2)c2cccnc2)N(C#N)C1. The number of nitrogens with one attached hydrogen (secondary N) is 2. The van der Waals surface area contributed by atoms with E-state index in [1.165, 1.54) is 31.6 Å². The lowest BCUT2D eigenvalue weighted by Gasteiger charge is -2.41. The van der Waals surface area contributed by atoms with Crippen LogP contribution in [0.4, 0.5) is 25.1 Å². The first-order valence-electron chi connectivity index (χ1n) is 13.2. The minimum absolute atomic E-state index is 0.0628. The molecule has 0 saturated carbocycles. The van der Waals surface area contributed by atoms with Crippen molar-refractivity contribution in [1.82, 2.24) is 25.4 Å². The van der Waals surface area contributed by atoms with Gasteiger partial charge < -0.3 is 15.4 Å². The summed E-state index contributed by atoms with van der Waals surface area (Å²) in [6, 6.07) is 2.30. The number of nitriles is 1. The Morgan fingerprint density at radius 3 is 2.45 bits per heavy atom. The molecule has 2 aliphatic heterocycles. The van der Waals surface area contributed by atoms with Crippen LogP contribution in [0.25, 0.3) is 0 Å². The molecular weight excluding hydrogens is 585 g/mol. The van der Waals surface area contributed by atoms with Gasteiger partial charge in [0.1, 0.15) is 17.0 Å². The molecule has 1 aromatic carbocycles. The number of ether oxygens (including phenoxy) is 1. The number of hydrogen-bond acceptors (Lipinski definition) is 8. The molecule has 2 aliphatic rings. The monoisotopic (exact) mass is 617 g/mol. The Balaban J connectivity index is 1.74. The van der Waals surface area contributed by atoms with Crippen LogP contribution >= 0.6 is 10.2 Å². The van der Waals surface area contributed by atoms with Crippen molar-refractivity contribution >= 4 is 27.7 Å². The molecule has 0 spiro atoms. The minimum atomic E-state index is -10.0. The lowest BCUT2D eigenvalue weighted by molar-refractivity contribution is -0.128. The number of carbonyl (C=O) groups is 2. The van der Waals surface area contributed by atoms with E-state index in [1.807, 2.05) is 6.19 Å². The summed E-state index contributed by atoms with van der Waals surface area (Å²) in [6.07, 6.45) is 4.26. The van der Waals surface area contributed by atoms with Crippen molar-refractivity contribution in [3.63, 3.8) is 0 Å². The number of likely N-dealkylation sites (tertiary alicyclic amines) is 1. The molecule has 4 rings (SSSR count). The number of carbonyl (C=O) groups excluding carboxylic acids is 2. The number of benzene rings is 1. The maximum absolute atomic E-state index is 14.1. The summed E-state index contributed by atoms with van der Waals surface area (Å²) >= 11 is 0. The number of nitrogens with zero attached hydrogens (tertiary/aromatic N) is 5. The first-order valence-corrected chi connectivity index (χ1v) is 15.1. The molecule has 42 heavy (non-hydrogen) atoms. The Labute approximate surface area is 240 Å². The molecule has 2 aromatic rings. The fourth-order valence-corrected chi connectivity index (χ4v) is 5.72. The highest BCUT2D eigenvalue weighted by Crippen LogP contribution is 3.02. The Morgan fingerprint density at radius 2 is 1.88 bits per heavy atom. The second-order valence-electron chi connectivity index (χ2n) is 10.1. The van der Waals surface area contributed by atoms with E-state index in [1.54, 1.807) is 0 Å². The van der Waals surface area contributed by atoms with Gasteiger partial charge in [0.25, 0.3) is 5.91 Å². The van der Waals surface area contributed by atoms with Crippen LogP contribution in [0.15, 0.2) is 53.7 Å². The zero-order valence-electron chi connectivity index (χ0n) is 22.8. The Morgan fingerprint density at radius 1 is 1.19 bits per heavy atom. The largest absolute Gasteiger partial charge is 0.379 e. The van der Waals surface area contributed by atoms with Gasteiger partial charge in [0.15, 0.2) is 6.19 Å². The van der Waals surface area contributed by atoms with Gasteiger partial charge in [-0.05, 0) is 30.3 Å². The van der Waals surface area contributed by atoms with Crippen LogP contribution in [-0.4, -0.2) is 91.7 Å². The minimum Gasteiger partial charge on any atom is -0.379 e. The maximum Gasteiger partial charge on any atom is 0.310 e. The second kappa shape index (κ2) is 11.6. The topological polar surface area (TPSA) is 114 Å². The normalized spacial score (nSPS) is 22.0. The lowest BCUT2D eigenvalue weighted by Crippen LogP contribution is -2.51. The van der Waals surface area contributed by atoms with E-state index in [0.29, 0.717) is 6.54 Å². The number of amides is 2. The summed E-state index contributed by atoms with van der Waals surface area (Å²) in [5.41, 5.74) is -0.0115. The first kappa shape index (κ1) is 31.4. The van der Waals surface area contributed by atoms with Crippen LogP contribution in [0.2, 0.25) is 0 Å². The maximum atomic E-state index is 14.1. The molecule has 0 radical (unpaired) electrons. The molecule has 3 heterocycles. The van der Waals surface area contributed by atoms with Crippen LogP contribution in [0.3, 0.4) is 0 Å². The molecular formula is C26H32F5N7O3S. The van der Waals surface area contributed by atoms with E-state index in [4.69, 9.17) is 4.74 Å². The van der Waals surface area contributed by atoms with Crippen LogP contribution < -0.4 is 15.5 Å². The number of rotatable bonds is 10. The zero-order valence-corrected chi connectivity index (χ0v) is 23.6. The van der Waals surface area contributed by atoms with Crippen molar-refractivity contribution in [3.05, 3.63) is 54.4 Å².